The van der Waals surface area contributed by atoms with E-state index in [1.54, 1.807) is 12.1 Å². The molecular formula is C9H5ClO2Se. The van der Waals surface area contributed by atoms with Gasteiger partial charge in [-0.2, -0.15) is 0 Å². The molecule has 1 aromatic carbocycles. The summed E-state index contributed by atoms with van der Waals surface area (Å²) >= 11 is 5.70. The van der Waals surface area contributed by atoms with Crippen molar-refractivity contribution in [3.05, 3.63) is 33.7 Å². The van der Waals surface area contributed by atoms with Crippen LogP contribution in [0.1, 0.15) is 9.23 Å². The van der Waals surface area contributed by atoms with Crippen molar-refractivity contribution in [2.24, 2.45) is 0 Å². The fourth-order valence-electron chi connectivity index (χ4n) is 1.11. The van der Waals surface area contributed by atoms with Crippen molar-refractivity contribution >= 4 is 41.7 Å². The molecule has 1 N–H and O–H groups in total. The van der Waals surface area contributed by atoms with Crippen molar-refractivity contribution in [1.29, 1.82) is 0 Å². The zero-order chi connectivity index (χ0) is 9.42. The second-order valence-electron chi connectivity index (χ2n) is 2.60. The third-order valence-corrected chi connectivity index (χ3v) is 4.21. The van der Waals surface area contributed by atoms with Crippen molar-refractivity contribution in [2.75, 3.05) is 0 Å². The van der Waals surface area contributed by atoms with E-state index in [-0.39, 0.29) is 14.5 Å². The molecule has 4 heteroatoms. The van der Waals surface area contributed by atoms with Gasteiger partial charge in [-0.1, -0.05) is 0 Å². The number of halogens is 1. The molecule has 0 fully saturated rings. The monoisotopic (exact) mass is 260 g/mol. The fourth-order valence-corrected chi connectivity index (χ4v) is 3.40. The summed E-state index contributed by atoms with van der Waals surface area (Å²) in [6.07, 6.45) is 0. The summed E-state index contributed by atoms with van der Waals surface area (Å²) in [6, 6.07) is 7.18. The number of carboxylic acid groups (broad SMARTS) is 1. The van der Waals surface area contributed by atoms with Gasteiger partial charge in [0.2, 0.25) is 0 Å². The van der Waals surface area contributed by atoms with Crippen LogP contribution >= 0.6 is 11.6 Å². The molecule has 2 nitrogen and oxygen atoms in total. The molecule has 0 unspecified atom stereocenters. The normalized spacial score (nSPS) is 10.5. The van der Waals surface area contributed by atoms with Crippen LogP contribution in [0.4, 0.5) is 0 Å². The fraction of sp³-hybridized carbons (Fsp3) is 0. The standard InChI is InChI=1S/C9H5ClO2Se/c10-6-2-1-5-3-8(9(11)12)13-7(5)4-6/h1-4H,(H,11,12). The van der Waals surface area contributed by atoms with Gasteiger partial charge >= 0.3 is 85.3 Å². The Labute approximate surface area is 85.5 Å². The van der Waals surface area contributed by atoms with Crippen LogP contribution < -0.4 is 0 Å². The summed E-state index contributed by atoms with van der Waals surface area (Å²) in [5.41, 5.74) is 0. The molecule has 0 saturated heterocycles. The van der Waals surface area contributed by atoms with Crippen LogP contribution in [-0.2, 0) is 0 Å². The Morgan fingerprint density at radius 2 is 2.15 bits per heavy atom. The first-order valence-electron chi connectivity index (χ1n) is 3.59. The van der Waals surface area contributed by atoms with Gasteiger partial charge in [0.05, 0.1) is 0 Å². The van der Waals surface area contributed by atoms with Crippen molar-refractivity contribution in [3.63, 3.8) is 0 Å². The zero-order valence-corrected chi connectivity index (χ0v) is 8.92. The second-order valence-corrected chi connectivity index (χ2v) is 5.31. The Morgan fingerprint density at radius 1 is 1.38 bits per heavy atom. The molecule has 66 valence electrons. The molecule has 13 heavy (non-hydrogen) atoms. The van der Waals surface area contributed by atoms with Crippen LogP contribution in [0.15, 0.2) is 24.3 Å². The van der Waals surface area contributed by atoms with Crippen LogP contribution in [0.5, 0.6) is 0 Å². The van der Waals surface area contributed by atoms with Crippen LogP contribution in [0, 0.1) is 0 Å². The molecule has 0 aliphatic rings. The summed E-state index contributed by atoms with van der Waals surface area (Å²) in [5.74, 6) is -0.827. The molecule has 0 atom stereocenters. The van der Waals surface area contributed by atoms with Gasteiger partial charge in [0, 0.05) is 0 Å². The molecule has 0 amide bonds. The minimum absolute atomic E-state index is 0.0912. The maximum absolute atomic E-state index is 10.7. The number of hydrogen-bond donors (Lipinski definition) is 1. The van der Waals surface area contributed by atoms with Gasteiger partial charge < -0.3 is 0 Å². The zero-order valence-electron chi connectivity index (χ0n) is 6.45. The first kappa shape index (κ1) is 8.82. The SMILES string of the molecule is O=C(O)c1cc2ccc(Cl)cc2[se]1. The van der Waals surface area contributed by atoms with Gasteiger partial charge in [0.15, 0.2) is 0 Å². The molecule has 0 aliphatic heterocycles. The molecule has 0 bridgehead atoms. The number of carboxylic acids is 1. The van der Waals surface area contributed by atoms with Crippen LogP contribution in [0.2, 0.25) is 5.02 Å². The molecule has 1 aromatic heterocycles. The van der Waals surface area contributed by atoms with Crippen LogP contribution in [0.25, 0.3) is 9.65 Å². The van der Waals surface area contributed by atoms with Gasteiger partial charge in [0.1, 0.15) is 0 Å². The Balaban J connectivity index is 2.68. The number of fused-ring (bicyclic) bond motifs is 1. The predicted molar refractivity (Wildman–Crippen MR) is 52.9 cm³/mol. The number of aromatic carboxylic acids is 1. The van der Waals surface area contributed by atoms with E-state index < -0.39 is 5.97 Å². The van der Waals surface area contributed by atoms with Gasteiger partial charge in [-0.05, 0) is 0 Å². The number of rotatable bonds is 1. The van der Waals surface area contributed by atoms with E-state index in [0.29, 0.717) is 9.46 Å². The topological polar surface area (TPSA) is 37.3 Å². The molecule has 0 spiro atoms. The average molecular weight is 260 g/mol. The van der Waals surface area contributed by atoms with E-state index in [4.69, 9.17) is 16.7 Å². The van der Waals surface area contributed by atoms with E-state index in [2.05, 4.69) is 0 Å². The van der Waals surface area contributed by atoms with Gasteiger partial charge in [-0.15, -0.1) is 0 Å². The number of hydrogen-bond acceptors (Lipinski definition) is 1. The first-order valence-corrected chi connectivity index (χ1v) is 5.68. The van der Waals surface area contributed by atoms with Crippen LogP contribution in [-0.4, -0.2) is 25.6 Å². The van der Waals surface area contributed by atoms with Gasteiger partial charge in [-0.3, -0.25) is 0 Å². The van der Waals surface area contributed by atoms with Crippen molar-refractivity contribution < 1.29 is 9.90 Å². The van der Waals surface area contributed by atoms with Crippen LogP contribution in [0.3, 0.4) is 0 Å². The molecule has 1 heterocycles. The third kappa shape index (κ3) is 1.63. The quantitative estimate of drug-likeness (QED) is 0.798. The van der Waals surface area contributed by atoms with E-state index in [1.807, 2.05) is 12.1 Å². The molecular weight excluding hydrogens is 255 g/mol. The van der Waals surface area contributed by atoms with E-state index in [0.717, 1.165) is 9.65 Å². The predicted octanol–water partition coefficient (Wildman–Crippen LogP) is 2.25. The summed E-state index contributed by atoms with van der Waals surface area (Å²) in [7, 11) is 0. The maximum atomic E-state index is 10.7. The summed E-state index contributed by atoms with van der Waals surface area (Å²) in [5, 5.41) is 10.4. The minimum atomic E-state index is -0.827. The van der Waals surface area contributed by atoms with Crippen molar-refractivity contribution in [3.8, 4) is 0 Å². The average Bonchev–Trinajstić information content (AvgIpc) is 2.46. The molecule has 0 aliphatic carbocycles. The Hall–Kier alpha value is -0.761. The van der Waals surface area contributed by atoms with Crippen molar-refractivity contribution in [1.82, 2.24) is 0 Å². The molecule has 0 radical (unpaired) electrons. The third-order valence-electron chi connectivity index (χ3n) is 1.69. The van der Waals surface area contributed by atoms with Gasteiger partial charge in [-0.25, -0.2) is 0 Å². The summed E-state index contributed by atoms with van der Waals surface area (Å²) in [4.78, 5) is 10.7. The van der Waals surface area contributed by atoms with E-state index in [1.165, 1.54) is 0 Å². The molecule has 2 rings (SSSR count). The second kappa shape index (κ2) is 3.18. The van der Waals surface area contributed by atoms with Gasteiger partial charge in [0.25, 0.3) is 0 Å². The number of carbonyl (C=O) groups is 1. The number of benzene rings is 1. The summed E-state index contributed by atoms with van der Waals surface area (Å²) < 4.78 is 1.54. The Morgan fingerprint density at radius 3 is 2.85 bits per heavy atom. The molecule has 0 saturated carbocycles. The first-order chi connectivity index (χ1) is 6.16. The van der Waals surface area contributed by atoms with Crippen molar-refractivity contribution in [2.45, 2.75) is 0 Å². The molecule has 2 aromatic rings. The van der Waals surface area contributed by atoms with E-state index in [9.17, 15) is 4.79 Å². The Kier molecular flexibility index (Phi) is 2.16. The van der Waals surface area contributed by atoms with E-state index >= 15 is 0 Å². The Bertz CT molecular complexity index is 475. The summed E-state index contributed by atoms with van der Waals surface area (Å²) in [6.45, 7) is 0.